The smallest absolute Gasteiger partial charge is 0.104 e. The minimum Gasteiger partial charge on any atom is -0.798 e. The maximum atomic E-state index is 11.9. The van der Waals surface area contributed by atoms with E-state index in [9.17, 15) is 9.46 Å². The van der Waals surface area contributed by atoms with E-state index in [1.165, 1.54) is 0 Å². The van der Waals surface area contributed by atoms with Crippen LogP contribution in [0, 0.1) is 0 Å². The van der Waals surface area contributed by atoms with E-state index in [0.29, 0.717) is 32.7 Å². The Morgan fingerprint density at radius 2 is 2.18 bits per heavy atom. The molecule has 0 N–H and O–H groups in total. The summed E-state index contributed by atoms with van der Waals surface area (Å²) < 4.78 is 22.2. The summed E-state index contributed by atoms with van der Waals surface area (Å²) in [5, 5.41) is 0. The maximum Gasteiger partial charge on any atom is 0.104 e. The van der Waals surface area contributed by atoms with Gasteiger partial charge in [-0.2, -0.15) is 0 Å². The Kier molecular flexibility index (Phi) is 4.40. The van der Waals surface area contributed by atoms with Crippen LogP contribution in [0.15, 0.2) is 22.8 Å². The number of ether oxygens (including phenoxy) is 1. The Bertz CT molecular complexity index is 373. The van der Waals surface area contributed by atoms with E-state index in [-0.39, 0.29) is 12.4 Å². The lowest BCUT2D eigenvalue weighted by Crippen LogP contribution is -2.38. The van der Waals surface area contributed by atoms with Gasteiger partial charge in [-0.25, -0.2) is 0 Å². The second kappa shape index (κ2) is 5.83. The highest BCUT2D eigenvalue weighted by atomic mass is 31.2. The molecule has 0 saturated carbocycles. The number of furan rings is 1. The minimum absolute atomic E-state index is 0.150. The molecule has 1 atom stereocenters. The molecule has 0 bridgehead atoms. The Labute approximate surface area is 101 Å². The minimum atomic E-state index is -3.34. The second-order valence-electron chi connectivity index (χ2n) is 4.24. The zero-order valence-electron chi connectivity index (χ0n) is 9.71. The van der Waals surface area contributed by atoms with E-state index in [2.05, 4.69) is 0 Å². The topological polar surface area (TPSA) is 65.7 Å². The largest absolute Gasteiger partial charge is 0.798 e. The van der Waals surface area contributed by atoms with Gasteiger partial charge in [0.1, 0.15) is 5.76 Å². The van der Waals surface area contributed by atoms with Crippen LogP contribution in [0.5, 0.6) is 0 Å². The predicted octanol–water partition coefficient (Wildman–Crippen LogP) is 0.750. The summed E-state index contributed by atoms with van der Waals surface area (Å²) in [6.45, 7) is 2.65. The van der Waals surface area contributed by atoms with E-state index in [1.807, 2.05) is 4.90 Å². The first-order valence-electron chi connectivity index (χ1n) is 5.77. The van der Waals surface area contributed by atoms with Gasteiger partial charge in [-0.1, -0.05) is 0 Å². The van der Waals surface area contributed by atoms with Crippen molar-refractivity contribution in [1.82, 2.24) is 4.90 Å². The molecule has 2 rings (SSSR count). The van der Waals surface area contributed by atoms with Crippen LogP contribution in [0.1, 0.15) is 5.76 Å². The number of nitrogens with zero attached hydrogens (tertiary/aromatic N) is 1. The van der Waals surface area contributed by atoms with Crippen molar-refractivity contribution in [2.45, 2.75) is 6.42 Å². The molecule has 96 valence electrons. The Morgan fingerprint density at radius 3 is 2.82 bits per heavy atom. The van der Waals surface area contributed by atoms with Gasteiger partial charge < -0.3 is 18.6 Å². The van der Waals surface area contributed by atoms with Gasteiger partial charge in [-0.05, 0) is 18.3 Å². The van der Waals surface area contributed by atoms with Crippen LogP contribution in [0.4, 0.5) is 0 Å². The molecule has 1 aromatic rings. The predicted molar refractivity (Wildman–Crippen MR) is 62.1 cm³/mol. The van der Waals surface area contributed by atoms with Crippen LogP contribution >= 0.6 is 7.37 Å². The highest BCUT2D eigenvalue weighted by Gasteiger charge is 2.17. The maximum absolute atomic E-state index is 11.9. The van der Waals surface area contributed by atoms with E-state index in [1.54, 1.807) is 18.4 Å². The third kappa shape index (κ3) is 4.28. The van der Waals surface area contributed by atoms with E-state index < -0.39 is 7.37 Å². The molecule has 1 aromatic heterocycles. The molecule has 0 aromatic carbocycles. The normalized spacial score (nSPS) is 21.2. The number of hydrogen-bond donors (Lipinski definition) is 0. The van der Waals surface area contributed by atoms with Gasteiger partial charge in [0.15, 0.2) is 0 Å². The van der Waals surface area contributed by atoms with Crippen LogP contribution in [-0.2, 0) is 15.7 Å². The first-order chi connectivity index (χ1) is 8.16. The van der Waals surface area contributed by atoms with Gasteiger partial charge in [0, 0.05) is 33.2 Å². The summed E-state index contributed by atoms with van der Waals surface area (Å²) in [7, 11) is -3.34. The van der Waals surface area contributed by atoms with Crippen molar-refractivity contribution < 1.29 is 18.6 Å². The molecule has 17 heavy (non-hydrogen) atoms. The van der Waals surface area contributed by atoms with Gasteiger partial charge in [-0.15, -0.1) is 0 Å². The number of rotatable bonds is 5. The van der Waals surface area contributed by atoms with Crippen molar-refractivity contribution in [3.05, 3.63) is 24.2 Å². The zero-order valence-corrected chi connectivity index (χ0v) is 10.6. The fraction of sp³-hybridized carbons (Fsp3) is 0.636. The molecule has 1 unspecified atom stereocenters. The van der Waals surface area contributed by atoms with Gasteiger partial charge in [0.2, 0.25) is 0 Å². The molecule has 0 aliphatic carbocycles. The number of morpholine rings is 1. The third-order valence-corrected chi connectivity index (χ3v) is 4.53. The quantitative estimate of drug-likeness (QED) is 0.729. The standard InChI is InChI=1S/C11H18NO4P/c13-17(14,9-3-11-2-1-6-16-11)10-12-4-7-15-8-5-12/h1-2,6H,3-5,7-10H2,(H,13,14)/p-1. The Balaban J connectivity index is 1.79. The van der Waals surface area contributed by atoms with Gasteiger partial charge in [-0.3, -0.25) is 4.90 Å². The molecule has 5 nitrogen and oxygen atoms in total. The summed E-state index contributed by atoms with van der Waals surface area (Å²) in [6, 6.07) is 3.57. The molecule has 0 radical (unpaired) electrons. The first kappa shape index (κ1) is 12.8. The van der Waals surface area contributed by atoms with Crippen molar-refractivity contribution in [1.29, 1.82) is 0 Å². The van der Waals surface area contributed by atoms with Crippen LogP contribution in [0.2, 0.25) is 0 Å². The molecule has 1 aliphatic heterocycles. The van der Waals surface area contributed by atoms with E-state index in [0.717, 1.165) is 5.76 Å². The third-order valence-electron chi connectivity index (χ3n) is 2.80. The lowest BCUT2D eigenvalue weighted by atomic mass is 10.4. The summed E-state index contributed by atoms with van der Waals surface area (Å²) >= 11 is 0. The van der Waals surface area contributed by atoms with Crippen molar-refractivity contribution in [2.75, 3.05) is 38.8 Å². The summed E-state index contributed by atoms with van der Waals surface area (Å²) in [5.74, 6) is 0.725. The van der Waals surface area contributed by atoms with Crippen molar-refractivity contribution in [3.63, 3.8) is 0 Å². The molecular formula is C11H17NO4P-. The van der Waals surface area contributed by atoms with Gasteiger partial charge >= 0.3 is 0 Å². The van der Waals surface area contributed by atoms with Gasteiger partial charge in [0.05, 0.1) is 19.5 Å². The second-order valence-corrected chi connectivity index (χ2v) is 6.60. The lowest BCUT2D eigenvalue weighted by molar-refractivity contribution is -0.177. The summed E-state index contributed by atoms with van der Waals surface area (Å²) in [6.07, 6.45) is 2.33. The average Bonchev–Trinajstić information content (AvgIpc) is 2.80. The summed E-state index contributed by atoms with van der Waals surface area (Å²) in [4.78, 5) is 13.8. The van der Waals surface area contributed by atoms with Crippen LogP contribution < -0.4 is 4.89 Å². The summed E-state index contributed by atoms with van der Waals surface area (Å²) in [5.41, 5.74) is 0. The number of hydrogen-bond acceptors (Lipinski definition) is 5. The molecular weight excluding hydrogens is 241 g/mol. The zero-order chi connectivity index (χ0) is 12.1. The fourth-order valence-electron chi connectivity index (χ4n) is 1.85. The molecule has 6 heteroatoms. The SMILES string of the molecule is O=P([O-])(CCc1ccco1)CN1CCOCC1. The Morgan fingerprint density at radius 1 is 1.41 bits per heavy atom. The molecule has 2 heterocycles. The van der Waals surface area contributed by atoms with Crippen molar-refractivity contribution in [3.8, 4) is 0 Å². The highest BCUT2D eigenvalue weighted by molar-refractivity contribution is 7.56. The van der Waals surface area contributed by atoms with Gasteiger partial charge in [0.25, 0.3) is 0 Å². The molecule has 1 fully saturated rings. The molecule has 0 amide bonds. The van der Waals surface area contributed by atoms with Crippen LogP contribution in [0.25, 0.3) is 0 Å². The number of aryl methyl sites for hydroxylation is 1. The van der Waals surface area contributed by atoms with E-state index in [4.69, 9.17) is 9.15 Å². The van der Waals surface area contributed by atoms with Crippen LogP contribution in [0.3, 0.4) is 0 Å². The van der Waals surface area contributed by atoms with E-state index >= 15 is 0 Å². The first-order valence-corrected chi connectivity index (χ1v) is 7.77. The average molecular weight is 258 g/mol. The fourth-order valence-corrected chi connectivity index (χ4v) is 3.45. The van der Waals surface area contributed by atoms with Crippen molar-refractivity contribution in [2.24, 2.45) is 0 Å². The lowest BCUT2D eigenvalue weighted by Gasteiger charge is -2.33. The monoisotopic (exact) mass is 258 g/mol. The van der Waals surface area contributed by atoms with Crippen molar-refractivity contribution >= 4 is 7.37 Å². The molecule has 1 aliphatic rings. The van der Waals surface area contributed by atoms with Crippen LogP contribution in [-0.4, -0.2) is 43.7 Å². The Hall–Kier alpha value is -0.610. The molecule has 1 saturated heterocycles. The molecule has 0 spiro atoms. The highest BCUT2D eigenvalue weighted by Crippen LogP contribution is 2.36.